The summed E-state index contributed by atoms with van der Waals surface area (Å²) in [5.74, 6) is 2.42. The van der Waals surface area contributed by atoms with Gasteiger partial charge in [0, 0.05) is 44.2 Å². The van der Waals surface area contributed by atoms with Gasteiger partial charge in [-0.15, -0.1) is 24.0 Å². The maximum atomic E-state index is 12.7. The van der Waals surface area contributed by atoms with Crippen LogP contribution in [0.25, 0.3) is 0 Å². The molecule has 8 heteroatoms. The van der Waals surface area contributed by atoms with E-state index in [-0.39, 0.29) is 42.5 Å². The van der Waals surface area contributed by atoms with Crippen molar-refractivity contribution in [3.63, 3.8) is 0 Å². The molecule has 0 saturated carbocycles. The molecular weight excluding hydrogens is 531 g/mol. The Kier molecular flexibility index (Phi) is 8.82. The molecule has 2 N–H and O–H groups in total. The minimum Gasteiger partial charge on any atom is -0.494 e. The number of benzene rings is 2. The smallest absolute Gasteiger partial charge is 0.242 e. The quantitative estimate of drug-likeness (QED) is 0.320. The van der Waals surface area contributed by atoms with Crippen LogP contribution in [-0.4, -0.2) is 49.6 Å². The van der Waals surface area contributed by atoms with Crippen molar-refractivity contribution >= 4 is 35.8 Å². The summed E-state index contributed by atoms with van der Waals surface area (Å²) < 4.78 is 11.8. The molecule has 0 spiro atoms. The molecule has 0 radical (unpaired) electrons. The molecule has 2 aliphatic rings. The fourth-order valence-electron chi connectivity index (χ4n) is 4.29. The van der Waals surface area contributed by atoms with Gasteiger partial charge in [-0.05, 0) is 43.5 Å². The molecule has 0 fully saturated rings. The molecule has 2 aromatic carbocycles. The summed E-state index contributed by atoms with van der Waals surface area (Å²) in [6.45, 7) is 6.78. The number of amides is 1. The van der Waals surface area contributed by atoms with Gasteiger partial charge in [-0.3, -0.25) is 9.79 Å². The first-order chi connectivity index (χ1) is 15.6. The second-order valence-corrected chi connectivity index (χ2v) is 8.25. The average Bonchev–Trinajstić information content (AvgIpc) is 3.17. The van der Waals surface area contributed by atoms with Gasteiger partial charge < -0.3 is 25.0 Å². The first kappa shape index (κ1) is 25.1. The van der Waals surface area contributed by atoms with Crippen molar-refractivity contribution in [2.45, 2.75) is 45.9 Å². The topological polar surface area (TPSA) is 75.2 Å². The predicted molar refractivity (Wildman–Crippen MR) is 141 cm³/mol. The number of halogens is 1. The summed E-state index contributed by atoms with van der Waals surface area (Å²) in [4.78, 5) is 18.9. The number of carbonyl (C=O) groups excluding carboxylic acids is 1. The van der Waals surface area contributed by atoms with Crippen molar-refractivity contribution in [2.24, 2.45) is 4.99 Å². The Hall–Kier alpha value is -2.49. The summed E-state index contributed by atoms with van der Waals surface area (Å²) >= 11 is 0. The van der Waals surface area contributed by atoms with Crippen molar-refractivity contribution in [1.82, 2.24) is 15.5 Å². The number of guanidine groups is 1. The van der Waals surface area contributed by atoms with Crippen LogP contribution in [0.5, 0.6) is 11.5 Å². The van der Waals surface area contributed by atoms with E-state index in [1.54, 1.807) is 7.05 Å². The van der Waals surface area contributed by atoms with Crippen LogP contribution in [0.1, 0.15) is 36.1 Å². The lowest BCUT2D eigenvalue weighted by Gasteiger charge is -2.29. The highest BCUT2D eigenvalue weighted by atomic mass is 127. The molecule has 1 amide bonds. The number of ether oxygens (including phenoxy) is 2. The van der Waals surface area contributed by atoms with Crippen LogP contribution >= 0.6 is 24.0 Å². The number of rotatable bonds is 6. The Bertz CT molecular complexity index is 1010. The van der Waals surface area contributed by atoms with E-state index in [1.165, 1.54) is 16.7 Å². The van der Waals surface area contributed by atoms with Gasteiger partial charge in [0.1, 0.15) is 17.6 Å². The summed E-state index contributed by atoms with van der Waals surface area (Å²) in [6.07, 6.45) is 1.98. The molecule has 0 saturated heterocycles. The fraction of sp³-hybridized carbons (Fsp3) is 0.440. The lowest BCUT2D eigenvalue weighted by molar-refractivity contribution is -0.130. The first-order valence-electron chi connectivity index (χ1n) is 11.3. The van der Waals surface area contributed by atoms with Crippen LogP contribution in [-0.2, 0) is 30.7 Å². The predicted octanol–water partition coefficient (Wildman–Crippen LogP) is 3.28. The molecule has 1 atom stereocenters. The molecule has 33 heavy (non-hydrogen) atoms. The summed E-state index contributed by atoms with van der Waals surface area (Å²) in [6, 6.07) is 12.4. The van der Waals surface area contributed by atoms with Crippen molar-refractivity contribution in [2.75, 3.05) is 26.7 Å². The van der Waals surface area contributed by atoms with Crippen LogP contribution in [0.15, 0.2) is 41.4 Å². The Morgan fingerprint density at radius 3 is 2.76 bits per heavy atom. The zero-order valence-corrected chi connectivity index (χ0v) is 21.8. The number of nitrogens with one attached hydrogen (secondary N) is 2. The minimum atomic E-state index is 0. The monoisotopic (exact) mass is 564 g/mol. The summed E-state index contributed by atoms with van der Waals surface area (Å²) in [5.41, 5.74) is 4.74. The molecular formula is C25H33IN4O3. The Balaban J connectivity index is 0.00000306. The van der Waals surface area contributed by atoms with Crippen molar-refractivity contribution in [3.8, 4) is 11.5 Å². The molecule has 2 heterocycles. The van der Waals surface area contributed by atoms with Crippen LogP contribution in [0.3, 0.4) is 0 Å². The second-order valence-electron chi connectivity index (χ2n) is 8.25. The molecule has 2 aromatic rings. The number of aliphatic imine (C=N–C) groups is 1. The fourth-order valence-corrected chi connectivity index (χ4v) is 4.29. The standard InChI is InChI=1S/C25H32N4O3.HI/c1-4-31-22-12-20-11-17(2)32-23(20)13-21(22)14-27-25(26-3)28-15-24(30)29-10-9-18-7-5-6-8-19(18)16-29;/h5-8,12-13,17H,4,9-11,14-16H2,1-3H3,(H2,26,27,28);1H. The zero-order valence-electron chi connectivity index (χ0n) is 19.5. The zero-order chi connectivity index (χ0) is 22.5. The first-order valence-corrected chi connectivity index (χ1v) is 11.3. The lowest BCUT2D eigenvalue weighted by Crippen LogP contribution is -2.45. The van der Waals surface area contributed by atoms with Gasteiger partial charge in [0.25, 0.3) is 0 Å². The summed E-state index contributed by atoms with van der Waals surface area (Å²) in [7, 11) is 1.70. The van der Waals surface area contributed by atoms with Gasteiger partial charge in [0.15, 0.2) is 5.96 Å². The summed E-state index contributed by atoms with van der Waals surface area (Å²) in [5, 5.41) is 6.44. The number of nitrogens with zero attached hydrogens (tertiary/aromatic N) is 2. The Morgan fingerprint density at radius 1 is 1.21 bits per heavy atom. The molecule has 0 aromatic heterocycles. The average molecular weight is 564 g/mol. The van der Waals surface area contributed by atoms with E-state index in [0.29, 0.717) is 25.7 Å². The molecule has 178 valence electrons. The highest BCUT2D eigenvalue weighted by Gasteiger charge is 2.23. The highest BCUT2D eigenvalue weighted by molar-refractivity contribution is 14.0. The van der Waals surface area contributed by atoms with Crippen LogP contribution in [0.2, 0.25) is 0 Å². The Morgan fingerprint density at radius 2 is 2.00 bits per heavy atom. The molecule has 0 bridgehead atoms. The van der Waals surface area contributed by atoms with Gasteiger partial charge in [-0.25, -0.2) is 0 Å². The third kappa shape index (κ3) is 6.10. The second kappa shape index (κ2) is 11.6. The third-order valence-corrected chi connectivity index (χ3v) is 5.94. The van der Waals surface area contributed by atoms with E-state index in [1.807, 2.05) is 24.0 Å². The largest absolute Gasteiger partial charge is 0.494 e. The van der Waals surface area contributed by atoms with Crippen molar-refractivity contribution in [1.29, 1.82) is 0 Å². The molecule has 0 aliphatic carbocycles. The van der Waals surface area contributed by atoms with Crippen LogP contribution < -0.4 is 20.1 Å². The number of hydrogen-bond acceptors (Lipinski definition) is 4. The van der Waals surface area contributed by atoms with Gasteiger partial charge in [0.05, 0.1) is 13.2 Å². The highest BCUT2D eigenvalue weighted by Crippen LogP contribution is 2.35. The molecule has 7 nitrogen and oxygen atoms in total. The van der Waals surface area contributed by atoms with E-state index in [0.717, 1.165) is 36.4 Å². The number of fused-ring (bicyclic) bond motifs is 2. The van der Waals surface area contributed by atoms with Gasteiger partial charge in [-0.2, -0.15) is 0 Å². The van der Waals surface area contributed by atoms with Gasteiger partial charge in [0.2, 0.25) is 5.91 Å². The van der Waals surface area contributed by atoms with E-state index in [4.69, 9.17) is 9.47 Å². The molecule has 4 rings (SSSR count). The van der Waals surface area contributed by atoms with E-state index >= 15 is 0 Å². The van der Waals surface area contributed by atoms with Crippen molar-refractivity contribution < 1.29 is 14.3 Å². The lowest BCUT2D eigenvalue weighted by atomic mass is 10.00. The maximum Gasteiger partial charge on any atom is 0.242 e. The molecule has 2 aliphatic heterocycles. The normalized spacial score (nSPS) is 16.8. The third-order valence-electron chi connectivity index (χ3n) is 5.94. The Labute approximate surface area is 213 Å². The van der Waals surface area contributed by atoms with E-state index in [2.05, 4.69) is 46.8 Å². The van der Waals surface area contributed by atoms with E-state index in [9.17, 15) is 4.79 Å². The molecule has 1 unspecified atom stereocenters. The number of carbonyl (C=O) groups is 1. The number of hydrogen-bond donors (Lipinski definition) is 2. The maximum absolute atomic E-state index is 12.7. The van der Waals surface area contributed by atoms with E-state index < -0.39 is 0 Å². The SMILES string of the molecule is CCOc1cc2c(cc1CNC(=NC)NCC(=O)N1CCc3ccccc3C1)OC(C)C2.I. The minimum absolute atomic E-state index is 0. The van der Waals surface area contributed by atoms with Gasteiger partial charge >= 0.3 is 0 Å². The van der Waals surface area contributed by atoms with Crippen molar-refractivity contribution in [3.05, 3.63) is 58.7 Å². The van der Waals surface area contributed by atoms with Crippen LogP contribution in [0.4, 0.5) is 0 Å². The van der Waals surface area contributed by atoms with Crippen LogP contribution in [0, 0.1) is 0 Å². The van der Waals surface area contributed by atoms with Gasteiger partial charge in [-0.1, -0.05) is 24.3 Å².